The maximum Gasteiger partial charge on any atom is 0.335 e. The third-order valence-corrected chi connectivity index (χ3v) is 4.78. The number of amides is 1. The van der Waals surface area contributed by atoms with E-state index in [1.54, 1.807) is 12.1 Å². The van der Waals surface area contributed by atoms with Gasteiger partial charge in [-0.3, -0.25) is 9.00 Å². The van der Waals surface area contributed by atoms with E-state index in [0.29, 0.717) is 5.56 Å². The van der Waals surface area contributed by atoms with Crippen LogP contribution in [0.4, 0.5) is 5.69 Å². The number of carbonyl (C=O) groups excluding carboxylic acids is 1. The minimum Gasteiger partial charge on any atom is -0.478 e. The molecule has 0 aromatic heterocycles. The summed E-state index contributed by atoms with van der Waals surface area (Å²) in [6.45, 7) is 3.80. The minimum atomic E-state index is -1.41. The molecule has 0 heterocycles. The number of aromatic carboxylic acids is 1. The highest BCUT2D eigenvalue weighted by Crippen LogP contribution is 2.19. The highest BCUT2D eigenvalue weighted by Gasteiger charge is 2.12. The van der Waals surface area contributed by atoms with Crippen LogP contribution in [0.25, 0.3) is 0 Å². The fourth-order valence-electron chi connectivity index (χ4n) is 2.36. The molecule has 1 amide bonds. The zero-order valence-corrected chi connectivity index (χ0v) is 14.4. The van der Waals surface area contributed by atoms with E-state index in [0.717, 1.165) is 16.8 Å². The number of anilines is 1. The van der Waals surface area contributed by atoms with Gasteiger partial charge in [0, 0.05) is 22.2 Å². The second kappa shape index (κ2) is 7.88. The van der Waals surface area contributed by atoms with Crippen LogP contribution < -0.4 is 5.32 Å². The predicted octanol–water partition coefficient (Wildman–Crippen LogP) is 2.89. The zero-order chi connectivity index (χ0) is 17.7. The number of hydrogen-bond acceptors (Lipinski definition) is 3. The van der Waals surface area contributed by atoms with Gasteiger partial charge in [0.05, 0.1) is 5.56 Å². The van der Waals surface area contributed by atoms with Crippen LogP contribution >= 0.6 is 0 Å². The number of nitrogens with one attached hydrogen (secondary N) is 1. The van der Waals surface area contributed by atoms with E-state index in [2.05, 4.69) is 5.32 Å². The van der Waals surface area contributed by atoms with Gasteiger partial charge in [-0.15, -0.1) is 0 Å². The van der Waals surface area contributed by atoms with Crippen molar-refractivity contribution < 1.29 is 18.9 Å². The Hall–Kier alpha value is -2.47. The van der Waals surface area contributed by atoms with Crippen molar-refractivity contribution in [3.63, 3.8) is 0 Å². The first kappa shape index (κ1) is 17.9. The molecular weight excluding hydrogens is 326 g/mol. The van der Waals surface area contributed by atoms with Gasteiger partial charge < -0.3 is 10.4 Å². The van der Waals surface area contributed by atoms with Gasteiger partial charge in [-0.25, -0.2) is 4.79 Å². The normalized spacial score (nSPS) is 11.8. The maximum absolute atomic E-state index is 12.2. The zero-order valence-electron chi connectivity index (χ0n) is 13.5. The van der Waals surface area contributed by atoms with Crippen LogP contribution in [0.5, 0.6) is 0 Å². The lowest BCUT2D eigenvalue weighted by atomic mass is 10.1. The Morgan fingerprint density at radius 3 is 2.33 bits per heavy atom. The lowest BCUT2D eigenvalue weighted by molar-refractivity contribution is -0.113. The Labute approximate surface area is 143 Å². The molecular formula is C18H19NO4S. The number of para-hydroxylation sites is 1. The van der Waals surface area contributed by atoms with E-state index >= 15 is 0 Å². The number of aryl methyl sites for hydroxylation is 2. The Bertz CT molecular complexity index is 781. The second-order valence-corrected chi connectivity index (χ2v) is 7.01. The van der Waals surface area contributed by atoms with Gasteiger partial charge in [0.1, 0.15) is 5.75 Å². The molecule has 2 aromatic carbocycles. The van der Waals surface area contributed by atoms with Crippen molar-refractivity contribution in [2.24, 2.45) is 0 Å². The molecule has 0 aliphatic rings. The average Bonchev–Trinajstić information content (AvgIpc) is 2.51. The molecule has 5 nitrogen and oxygen atoms in total. The second-order valence-electron chi connectivity index (χ2n) is 5.55. The number of carbonyl (C=O) groups is 2. The summed E-state index contributed by atoms with van der Waals surface area (Å²) in [7, 11) is -1.41. The highest BCUT2D eigenvalue weighted by atomic mass is 32.2. The summed E-state index contributed by atoms with van der Waals surface area (Å²) >= 11 is 0. The van der Waals surface area contributed by atoms with Crippen molar-refractivity contribution in [2.45, 2.75) is 19.6 Å². The predicted molar refractivity (Wildman–Crippen MR) is 94.7 cm³/mol. The van der Waals surface area contributed by atoms with Crippen LogP contribution in [0.1, 0.15) is 27.0 Å². The van der Waals surface area contributed by atoms with Crippen LogP contribution in [-0.4, -0.2) is 26.9 Å². The van der Waals surface area contributed by atoms with Crippen LogP contribution in [0.2, 0.25) is 0 Å². The third-order valence-electron chi connectivity index (χ3n) is 3.54. The van der Waals surface area contributed by atoms with Crippen LogP contribution in [0.3, 0.4) is 0 Å². The summed E-state index contributed by atoms with van der Waals surface area (Å²) in [6.07, 6.45) is 0. The number of hydrogen-bond donors (Lipinski definition) is 2. The smallest absolute Gasteiger partial charge is 0.335 e. The molecule has 1 unspecified atom stereocenters. The van der Waals surface area contributed by atoms with Crippen LogP contribution in [0.15, 0.2) is 42.5 Å². The summed E-state index contributed by atoms with van der Waals surface area (Å²) in [5.74, 6) is -1.35. The molecule has 6 heteroatoms. The van der Waals surface area contributed by atoms with Gasteiger partial charge in [-0.2, -0.15) is 0 Å². The molecule has 24 heavy (non-hydrogen) atoms. The molecule has 0 saturated heterocycles. The van der Waals surface area contributed by atoms with Gasteiger partial charge >= 0.3 is 5.97 Å². The molecule has 1 atom stereocenters. The summed E-state index contributed by atoms with van der Waals surface area (Å²) in [6, 6.07) is 12.0. The summed E-state index contributed by atoms with van der Waals surface area (Å²) in [5, 5.41) is 11.8. The summed E-state index contributed by atoms with van der Waals surface area (Å²) in [5.41, 5.74) is 3.41. The Morgan fingerprint density at radius 2 is 1.71 bits per heavy atom. The van der Waals surface area contributed by atoms with Gasteiger partial charge in [-0.05, 0) is 42.7 Å². The van der Waals surface area contributed by atoms with Crippen molar-refractivity contribution >= 4 is 28.4 Å². The highest BCUT2D eigenvalue weighted by molar-refractivity contribution is 7.84. The molecule has 126 valence electrons. The van der Waals surface area contributed by atoms with Gasteiger partial charge in [0.15, 0.2) is 0 Å². The van der Waals surface area contributed by atoms with Crippen molar-refractivity contribution in [1.29, 1.82) is 0 Å². The first-order chi connectivity index (χ1) is 11.4. The summed E-state index contributed by atoms with van der Waals surface area (Å²) in [4.78, 5) is 23.0. The number of carboxylic acids is 1. The Kier molecular flexibility index (Phi) is 5.87. The van der Waals surface area contributed by atoms with Gasteiger partial charge in [0.25, 0.3) is 0 Å². The monoisotopic (exact) mass is 345 g/mol. The van der Waals surface area contributed by atoms with E-state index in [4.69, 9.17) is 5.11 Å². The number of carboxylic acid groups (broad SMARTS) is 1. The fourth-order valence-corrected chi connectivity index (χ4v) is 3.38. The molecule has 0 bridgehead atoms. The molecule has 0 saturated carbocycles. The first-order valence-corrected chi connectivity index (χ1v) is 8.89. The van der Waals surface area contributed by atoms with Crippen LogP contribution in [0, 0.1) is 13.8 Å². The van der Waals surface area contributed by atoms with Crippen molar-refractivity contribution in [2.75, 3.05) is 11.1 Å². The largest absolute Gasteiger partial charge is 0.478 e. The molecule has 0 aliphatic carbocycles. The third kappa shape index (κ3) is 4.76. The Morgan fingerprint density at radius 1 is 1.08 bits per heavy atom. The molecule has 2 rings (SSSR count). The van der Waals surface area contributed by atoms with Gasteiger partial charge in [0.2, 0.25) is 5.91 Å². The molecule has 0 radical (unpaired) electrons. The van der Waals surface area contributed by atoms with E-state index in [-0.39, 0.29) is 23.0 Å². The summed E-state index contributed by atoms with van der Waals surface area (Å²) < 4.78 is 12.2. The number of benzene rings is 2. The van der Waals surface area contributed by atoms with Crippen molar-refractivity contribution in [3.05, 3.63) is 64.7 Å². The molecule has 0 spiro atoms. The van der Waals surface area contributed by atoms with Gasteiger partial charge in [-0.1, -0.05) is 30.3 Å². The van der Waals surface area contributed by atoms with Crippen molar-refractivity contribution in [3.8, 4) is 0 Å². The van der Waals surface area contributed by atoms with E-state index in [1.807, 2.05) is 32.0 Å². The van der Waals surface area contributed by atoms with E-state index in [9.17, 15) is 13.8 Å². The van der Waals surface area contributed by atoms with Crippen LogP contribution in [-0.2, 0) is 21.3 Å². The van der Waals surface area contributed by atoms with Crippen molar-refractivity contribution in [1.82, 2.24) is 0 Å². The quantitative estimate of drug-likeness (QED) is 0.843. The lowest BCUT2D eigenvalue weighted by Gasteiger charge is -2.11. The lowest BCUT2D eigenvalue weighted by Crippen LogP contribution is -2.21. The molecule has 0 fully saturated rings. The average molecular weight is 345 g/mol. The van der Waals surface area contributed by atoms with E-state index < -0.39 is 16.8 Å². The molecule has 2 N–H and O–H groups in total. The first-order valence-electron chi connectivity index (χ1n) is 7.40. The van der Waals surface area contributed by atoms with E-state index in [1.165, 1.54) is 12.1 Å². The Balaban J connectivity index is 1.98. The molecule has 2 aromatic rings. The minimum absolute atomic E-state index is 0.134. The standard InChI is InChI=1S/C18H19NO4S/c1-12-5-3-6-13(2)17(12)19-16(20)11-24(23)10-14-7-4-8-15(9-14)18(21)22/h3-9H,10-11H2,1-2H3,(H,19,20)(H,21,22). The fraction of sp³-hybridized carbons (Fsp3) is 0.222. The SMILES string of the molecule is Cc1cccc(C)c1NC(=O)CS(=O)Cc1cccc(C(=O)O)c1. The maximum atomic E-state index is 12.2. The number of rotatable bonds is 6. The molecule has 0 aliphatic heterocycles. The topological polar surface area (TPSA) is 83.5 Å².